The van der Waals surface area contributed by atoms with E-state index in [1.54, 1.807) is 31.6 Å². The van der Waals surface area contributed by atoms with Crippen LogP contribution in [0.5, 0.6) is 0 Å². The monoisotopic (exact) mass is 242 g/mol. The van der Waals surface area contributed by atoms with Gasteiger partial charge in [-0.1, -0.05) is 6.07 Å². The molecular weight excluding hydrogens is 228 g/mol. The number of rotatable bonds is 3. The summed E-state index contributed by atoms with van der Waals surface area (Å²) in [5.74, 6) is 0.332. The smallest absolute Gasteiger partial charge is 0.259 e. The first-order valence-electron chi connectivity index (χ1n) is 5.57. The average Bonchev–Trinajstić information content (AvgIpc) is 2.38. The summed E-state index contributed by atoms with van der Waals surface area (Å²) in [7, 11) is 1.75. The van der Waals surface area contributed by atoms with Crippen LogP contribution in [0.3, 0.4) is 0 Å². The zero-order chi connectivity index (χ0) is 13.0. The molecule has 0 unspecified atom stereocenters. The highest BCUT2D eigenvalue weighted by atomic mass is 16.1. The first kappa shape index (κ1) is 12.0. The summed E-state index contributed by atoms with van der Waals surface area (Å²) in [6.07, 6.45) is 3.19. The van der Waals surface area contributed by atoms with Crippen molar-refractivity contribution in [3.05, 3.63) is 47.9 Å². The lowest BCUT2D eigenvalue weighted by Crippen LogP contribution is -2.15. The van der Waals surface area contributed by atoms with E-state index in [-0.39, 0.29) is 5.91 Å². The van der Waals surface area contributed by atoms with E-state index in [2.05, 4.69) is 20.6 Å². The van der Waals surface area contributed by atoms with E-state index in [4.69, 9.17) is 0 Å². The van der Waals surface area contributed by atoms with Crippen LogP contribution in [-0.2, 0) is 0 Å². The molecule has 0 spiro atoms. The lowest BCUT2D eigenvalue weighted by atomic mass is 10.2. The molecule has 2 aromatic rings. The fraction of sp³-hybridized carbons (Fsp3) is 0.154. The number of pyridine rings is 2. The number of hydrogen-bond donors (Lipinski definition) is 2. The van der Waals surface area contributed by atoms with Crippen molar-refractivity contribution in [2.45, 2.75) is 6.92 Å². The lowest BCUT2D eigenvalue weighted by Gasteiger charge is -2.08. The third-order valence-electron chi connectivity index (χ3n) is 2.46. The van der Waals surface area contributed by atoms with Gasteiger partial charge in [0.15, 0.2) is 0 Å². The highest BCUT2D eigenvalue weighted by Gasteiger charge is 2.11. The number of nitrogens with zero attached hydrogens (tertiary/aromatic N) is 2. The van der Waals surface area contributed by atoms with Gasteiger partial charge in [0.1, 0.15) is 5.82 Å². The predicted octanol–water partition coefficient (Wildman–Crippen LogP) is 2.08. The van der Waals surface area contributed by atoms with Crippen LogP contribution in [0, 0.1) is 6.92 Å². The second-order valence-electron chi connectivity index (χ2n) is 3.79. The minimum atomic E-state index is -0.208. The van der Waals surface area contributed by atoms with Gasteiger partial charge >= 0.3 is 0 Å². The molecule has 0 aliphatic rings. The molecule has 1 amide bonds. The third-order valence-corrected chi connectivity index (χ3v) is 2.46. The molecule has 2 aromatic heterocycles. The topological polar surface area (TPSA) is 66.9 Å². The number of amides is 1. The Morgan fingerprint density at radius 1 is 1.28 bits per heavy atom. The van der Waals surface area contributed by atoms with E-state index in [1.807, 2.05) is 19.1 Å². The predicted molar refractivity (Wildman–Crippen MR) is 70.7 cm³/mol. The third kappa shape index (κ3) is 2.63. The van der Waals surface area contributed by atoms with E-state index >= 15 is 0 Å². The van der Waals surface area contributed by atoms with Crippen LogP contribution in [0.25, 0.3) is 0 Å². The van der Waals surface area contributed by atoms with E-state index < -0.39 is 0 Å². The number of carbonyl (C=O) groups is 1. The second kappa shape index (κ2) is 5.27. The van der Waals surface area contributed by atoms with Crippen molar-refractivity contribution < 1.29 is 4.79 Å². The van der Waals surface area contributed by atoms with Crippen LogP contribution in [0.2, 0.25) is 0 Å². The van der Waals surface area contributed by atoms with E-state index in [0.29, 0.717) is 17.1 Å². The molecule has 0 aromatic carbocycles. The van der Waals surface area contributed by atoms with Crippen LogP contribution in [0.1, 0.15) is 16.1 Å². The Labute approximate surface area is 105 Å². The molecule has 0 radical (unpaired) electrons. The molecule has 0 atom stereocenters. The molecule has 0 aliphatic heterocycles. The maximum Gasteiger partial charge on any atom is 0.259 e. The Morgan fingerprint density at radius 3 is 2.83 bits per heavy atom. The summed E-state index contributed by atoms with van der Waals surface area (Å²) in [6.45, 7) is 1.88. The molecule has 0 saturated carbocycles. The summed E-state index contributed by atoms with van der Waals surface area (Å²) in [5.41, 5.74) is 2.08. The number of anilines is 2. The molecule has 2 heterocycles. The summed E-state index contributed by atoms with van der Waals surface area (Å²) >= 11 is 0. The quantitative estimate of drug-likeness (QED) is 0.864. The number of aryl methyl sites for hydroxylation is 1. The first-order chi connectivity index (χ1) is 8.70. The van der Waals surface area contributed by atoms with Crippen molar-refractivity contribution >= 4 is 17.4 Å². The second-order valence-corrected chi connectivity index (χ2v) is 3.79. The van der Waals surface area contributed by atoms with Gasteiger partial charge in [0.25, 0.3) is 5.91 Å². The maximum atomic E-state index is 12.1. The molecule has 2 N–H and O–H groups in total. The van der Waals surface area contributed by atoms with Gasteiger partial charge in [-0.2, -0.15) is 0 Å². The van der Waals surface area contributed by atoms with Gasteiger partial charge in [0, 0.05) is 18.9 Å². The largest absolute Gasteiger partial charge is 0.386 e. The number of carbonyl (C=O) groups excluding carboxylic acids is 1. The van der Waals surface area contributed by atoms with Crippen molar-refractivity contribution in [3.8, 4) is 0 Å². The number of nitrogens with one attached hydrogen (secondary N) is 2. The Balaban J connectivity index is 2.22. The van der Waals surface area contributed by atoms with Crippen molar-refractivity contribution in [1.29, 1.82) is 0 Å². The summed E-state index contributed by atoms with van der Waals surface area (Å²) < 4.78 is 0. The van der Waals surface area contributed by atoms with Crippen LogP contribution < -0.4 is 10.6 Å². The van der Waals surface area contributed by atoms with Gasteiger partial charge in [0.2, 0.25) is 0 Å². The number of hydrogen-bond acceptors (Lipinski definition) is 4. The standard InChI is InChI=1S/C13H14N4O/c1-9-4-3-5-12(16-9)17-13(18)10-6-7-15-8-11(10)14-2/h3-8,14H,1-2H3,(H,16,17,18). The van der Waals surface area contributed by atoms with Crippen molar-refractivity contribution in [1.82, 2.24) is 9.97 Å². The van der Waals surface area contributed by atoms with Crippen molar-refractivity contribution in [2.75, 3.05) is 17.7 Å². The first-order valence-corrected chi connectivity index (χ1v) is 5.57. The Morgan fingerprint density at radius 2 is 2.11 bits per heavy atom. The molecule has 0 bridgehead atoms. The van der Waals surface area contributed by atoms with Crippen LogP contribution in [-0.4, -0.2) is 22.9 Å². The molecule has 5 heteroatoms. The van der Waals surface area contributed by atoms with Crippen molar-refractivity contribution in [3.63, 3.8) is 0 Å². The molecule has 2 rings (SSSR count). The fourth-order valence-electron chi connectivity index (χ4n) is 1.59. The van der Waals surface area contributed by atoms with E-state index in [1.165, 1.54) is 0 Å². The van der Waals surface area contributed by atoms with Crippen LogP contribution in [0.15, 0.2) is 36.7 Å². The molecule has 0 fully saturated rings. The zero-order valence-electron chi connectivity index (χ0n) is 10.3. The molecule has 0 saturated heterocycles. The lowest BCUT2D eigenvalue weighted by molar-refractivity contribution is 0.102. The van der Waals surface area contributed by atoms with Gasteiger partial charge < -0.3 is 10.6 Å². The molecular formula is C13H14N4O. The van der Waals surface area contributed by atoms with Gasteiger partial charge in [0.05, 0.1) is 17.4 Å². The van der Waals surface area contributed by atoms with E-state index in [9.17, 15) is 4.79 Å². The summed E-state index contributed by atoms with van der Waals surface area (Å²) in [4.78, 5) is 20.3. The summed E-state index contributed by atoms with van der Waals surface area (Å²) in [6, 6.07) is 7.15. The minimum Gasteiger partial charge on any atom is -0.386 e. The normalized spacial score (nSPS) is 9.89. The molecule has 0 aliphatic carbocycles. The molecule has 92 valence electrons. The van der Waals surface area contributed by atoms with Crippen LogP contribution in [0.4, 0.5) is 11.5 Å². The molecule has 18 heavy (non-hydrogen) atoms. The summed E-state index contributed by atoms with van der Waals surface area (Å²) in [5, 5.41) is 5.69. The fourth-order valence-corrected chi connectivity index (χ4v) is 1.59. The van der Waals surface area contributed by atoms with Gasteiger partial charge in [-0.3, -0.25) is 9.78 Å². The zero-order valence-corrected chi connectivity index (χ0v) is 10.3. The Bertz CT molecular complexity index is 568. The Hall–Kier alpha value is -2.43. The number of aromatic nitrogens is 2. The van der Waals surface area contributed by atoms with Gasteiger partial charge in [-0.15, -0.1) is 0 Å². The average molecular weight is 242 g/mol. The Kier molecular flexibility index (Phi) is 3.52. The highest BCUT2D eigenvalue weighted by molar-refractivity contribution is 6.07. The minimum absolute atomic E-state index is 0.208. The molecule has 5 nitrogen and oxygen atoms in total. The van der Waals surface area contributed by atoms with Crippen LogP contribution >= 0.6 is 0 Å². The highest BCUT2D eigenvalue weighted by Crippen LogP contribution is 2.14. The SMILES string of the molecule is CNc1cnccc1C(=O)Nc1cccc(C)n1. The van der Waals surface area contributed by atoms with Gasteiger partial charge in [-0.25, -0.2) is 4.98 Å². The van der Waals surface area contributed by atoms with Crippen molar-refractivity contribution in [2.24, 2.45) is 0 Å². The maximum absolute atomic E-state index is 12.1. The van der Waals surface area contributed by atoms with Gasteiger partial charge in [-0.05, 0) is 25.1 Å². The van der Waals surface area contributed by atoms with E-state index in [0.717, 1.165) is 5.69 Å².